The Balaban J connectivity index is 1.97. The molecule has 0 aliphatic carbocycles. The van der Waals surface area contributed by atoms with Crippen LogP contribution in [-0.4, -0.2) is 29.6 Å². The van der Waals surface area contributed by atoms with Gasteiger partial charge in [0.15, 0.2) is 0 Å². The fraction of sp³-hybridized carbons (Fsp3) is 0.333. The summed E-state index contributed by atoms with van der Waals surface area (Å²) >= 11 is 0. The third kappa shape index (κ3) is 1.59. The minimum absolute atomic E-state index is 0.121. The molecule has 1 unspecified atom stereocenters. The maximum absolute atomic E-state index is 11.6. The lowest BCUT2D eigenvalue weighted by atomic mass is 10.1. The Hall–Kier alpha value is -1.88. The van der Waals surface area contributed by atoms with Crippen LogP contribution in [-0.2, 0) is 16.1 Å². The van der Waals surface area contributed by atoms with Crippen molar-refractivity contribution in [1.82, 2.24) is 0 Å². The van der Waals surface area contributed by atoms with Gasteiger partial charge in [0, 0.05) is 11.3 Å². The number of aliphatic hydroxyl groups excluding tert-OH is 1. The van der Waals surface area contributed by atoms with E-state index in [1.54, 1.807) is 18.2 Å². The SMILES string of the molecule is O=C1OCc2ccc(N3CC(O)CC3=O)cc21. The van der Waals surface area contributed by atoms with E-state index in [0.29, 0.717) is 17.9 Å². The summed E-state index contributed by atoms with van der Waals surface area (Å²) in [6.07, 6.45) is -0.482. The Morgan fingerprint density at radius 3 is 2.88 bits per heavy atom. The number of benzene rings is 1. The quantitative estimate of drug-likeness (QED) is 0.715. The third-order valence-electron chi connectivity index (χ3n) is 3.09. The predicted molar refractivity (Wildman–Crippen MR) is 58.5 cm³/mol. The van der Waals surface area contributed by atoms with Crippen LogP contribution in [0.1, 0.15) is 22.3 Å². The largest absolute Gasteiger partial charge is 0.457 e. The number of esters is 1. The van der Waals surface area contributed by atoms with Gasteiger partial charge in [0.25, 0.3) is 0 Å². The number of carbonyl (C=O) groups excluding carboxylic acids is 2. The van der Waals surface area contributed by atoms with Crippen molar-refractivity contribution >= 4 is 17.6 Å². The van der Waals surface area contributed by atoms with Gasteiger partial charge in [-0.1, -0.05) is 6.07 Å². The van der Waals surface area contributed by atoms with Crippen molar-refractivity contribution < 1.29 is 19.4 Å². The van der Waals surface area contributed by atoms with Crippen LogP contribution in [0.4, 0.5) is 5.69 Å². The summed E-state index contributed by atoms with van der Waals surface area (Å²) in [4.78, 5) is 24.5. The molecule has 0 bridgehead atoms. The highest BCUT2D eigenvalue weighted by Crippen LogP contribution is 2.28. The van der Waals surface area contributed by atoms with Crippen LogP contribution in [0.25, 0.3) is 0 Å². The molecule has 5 nitrogen and oxygen atoms in total. The van der Waals surface area contributed by atoms with Crippen molar-refractivity contribution in [1.29, 1.82) is 0 Å². The molecule has 0 spiro atoms. The first-order valence-electron chi connectivity index (χ1n) is 5.43. The molecule has 0 radical (unpaired) electrons. The smallest absolute Gasteiger partial charge is 0.338 e. The Labute approximate surface area is 97.6 Å². The molecule has 1 fully saturated rings. The lowest BCUT2D eigenvalue weighted by Gasteiger charge is -2.16. The van der Waals surface area contributed by atoms with Crippen molar-refractivity contribution in [3.63, 3.8) is 0 Å². The first kappa shape index (κ1) is 10.3. The number of ether oxygens (including phenoxy) is 1. The van der Waals surface area contributed by atoms with E-state index < -0.39 is 6.10 Å². The predicted octanol–water partition coefficient (Wildman–Crippen LogP) is 0.455. The normalized spacial score (nSPS) is 22.9. The summed E-state index contributed by atoms with van der Waals surface area (Å²) < 4.78 is 4.90. The van der Waals surface area contributed by atoms with E-state index in [4.69, 9.17) is 4.74 Å². The second-order valence-electron chi connectivity index (χ2n) is 4.28. The van der Waals surface area contributed by atoms with Gasteiger partial charge in [-0.05, 0) is 12.1 Å². The zero-order valence-electron chi connectivity index (χ0n) is 9.05. The molecular weight excluding hydrogens is 222 g/mol. The molecule has 3 rings (SSSR count). The van der Waals surface area contributed by atoms with E-state index in [9.17, 15) is 14.7 Å². The number of hydrogen-bond donors (Lipinski definition) is 1. The zero-order valence-corrected chi connectivity index (χ0v) is 9.05. The van der Waals surface area contributed by atoms with Gasteiger partial charge in [-0.2, -0.15) is 0 Å². The third-order valence-corrected chi connectivity index (χ3v) is 3.09. The lowest BCUT2D eigenvalue weighted by molar-refractivity contribution is -0.117. The highest BCUT2D eigenvalue weighted by Gasteiger charge is 2.30. The number of nitrogens with zero attached hydrogens (tertiary/aromatic N) is 1. The van der Waals surface area contributed by atoms with Crippen LogP contribution < -0.4 is 4.90 Å². The van der Waals surface area contributed by atoms with Crippen molar-refractivity contribution in [2.24, 2.45) is 0 Å². The average molecular weight is 233 g/mol. The van der Waals surface area contributed by atoms with Crippen molar-refractivity contribution in [2.45, 2.75) is 19.1 Å². The Morgan fingerprint density at radius 2 is 2.18 bits per heavy atom. The minimum Gasteiger partial charge on any atom is -0.457 e. The van der Waals surface area contributed by atoms with Crippen LogP contribution in [0, 0.1) is 0 Å². The number of cyclic esters (lactones) is 1. The van der Waals surface area contributed by atoms with Crippen molar-refractivity contribution in [3.8, 4) is 0 Å². The molecule has 1 N–H and O–H groups in total. The second-order valence-corrected chi connectivity index (χ2v) is 4.28. The van der Waals surface area contributed by atoms with E-state index in [1.807, 2.05) is 0 Å². The molecule has 1 aromatic rings. The number of fused-ring (bicyclic) bond motifs is 1. The molecule has 2 heterocycles. The summed E-state index contributed by atoms with van der Waals surface area (Å²) in [5.41, 5.74) is 1.99. The Bertz CT molecular complexity index is 511. The monoisotopic (exact) mass is 233 g/mol. The fourth-order valence-electron chi connectivity index (χ4n) is 2.21. The zero-order chi connectivity index (χ0) is 12.0. The molecule has 1 atom stereocenters. The molecule has 0 saturated carbocycles. The number of carbonyl (C=O) groups is 2. The average Bonchev–Trinajstić information content (AvgIpc) is 2.83. The molecule has 1 saturated heterocycles. The highest BCUT2D eigenvalue weighted by atomic mass is 16.5. The number of aliphatic hydroxyl groups is 1. The fourth-order valence-corrected chi connectivity index (χ4v) is 2.21. The number of β-amino-alcohol motifs (C(OH)–C–C–N with tert-alkyl or cyclic N) is 1. The number of anilines is 1. The van der Waals surface area contributed by atoms with Crippen molar-refractivity contribution in [3.05, 3.63) is 29.3 Å². The van der Waals surface area contributed by atoms with Crippen LogP contribution >= 0.6 is 0 Å². The van der Waals surface area contributed by atoms with Crippen LogP contribution in [0.5, 0.6) is 0 Å². The van der Waals surface area contributed by atoms with Gasteiger partial charge in [0.05, 0.1) is 24.6 Å². The molecular formula is C12H11NO4. The Morgan fingerprint density at radius 1 is 1.35 bits per heavy atom. The number of hydrogen-bond acceptors (Lipinski definition) is 4. The highest BCUT2D eigenvalue weighted by molar-refractivity contribution is 5.99. The molecule has 0 aromatic heterocycles. The lowest BCUT2D eigenvalue weighted by Crippen LogP contribution is -2.25. The summed E-state index contributed by atoms with van der Waals surface area (Å²) in [5, 5.41) is 9.42. The number of amides is 1. The van der Waals surface area contributed by atoms with Gasteiger partial charge in [0.2, 0.25) is 5.91 Å². The molecule has 2 aliphatic heterocycles. The van der Waals surface area contributed by atoms with Gasteiger partial charge >= 0.3 is 5.97 Å². The van der Waals surface area contributed by atoms with E-state index in [-0.39, 0.29) is 24.8 Å². The number of rotatable bonds is 1. The van der Waals surface area contributed by atoms with Crippen LogP contribution in [0.3, 0.4) is 0 Å². The maximum Gasteiger partial charge on any atom is 0.338 e. The molecule has 2 aliphatic rings. The van der Waals surface area contributed by atoms with Gasteiger partial charge < -0.3 is 14.7 Å². The molecule has 1 aromatic carbocycles. The summed E-state index contributed by atoms with van der Waals surface area (Å²) in [6.45, 7) is 0.581. The first-order chi connectivity index (χ1) is 8.15. The van der Waals surface area contributed by atoms with Gasteiger partial charge in [-0.15, -0.1) is 0 Å². The van der Waals surface area contributed by atoms with Gasteiger partial charge in [-0.3, -0.25) is 4.79 Å². The summed E-state index contributed by atoms with van der Waals surface area (Å²) in [6, 6.07) is 5.21. The van der Waals surface area contributed by atoms with Gasteiger partial charge in [0.1, 0.15) is 6.61 Å². The van der Waals surface area contributed by atoms with Crippen LogP contribution in [0.2, 0.25) is 0 Å². The topological polar surface area (TPSA) is 66.8 Å². The van der Waals surface area contributed by atoms with E-state index in [1.165, 1.54) is 4.90 Å². The molecule has 1 amide bonds. The minimum atomic E-state index is -0.622. The first-order valence-corrected chi connectivity index (χ1v) is 5.43. The van der Waals surface area contributed by atoms with E-state index >= 15 is 0 Å². The maximum atomic E-state index is 11.6. The summed E-state index contributed by atoms with van der Waals surface area (Å²) in [7, 11) is 0. The standard InChI is InChI=1S/C12H11NO4/c14-9-4-11(15)13(5-9)8-2-1-7-6-17-12(16)10(7)3-8/h1-3,9,14H,4-6H2. The molecule has 5 heteroatoms. The molecule has 88 valence electrons. The van der Waals surface area contributed by atoms with Crippen LogP contribution in [0.15, 0.2) is 18.2 Å². The molecule has 17 heavy (non-hydrogen) atoms. The van der Waals surface area contributed by atoms with Gasteiger partial charge in [-0.25, -0.2) is 4.79 Å². The Kier molecular flexibility index (Phi) is 2.16. The summed E-state index contributed by atoms with van der Waals surface area (Å²) in [5.74, 6) is -0.474. The van der Waals surface area contributed by atoms with E-state index in [0.717, 1.165) is 5.56 Å². The van der Waals surface area contributed by atoms with Crippen molar-refractivity contribution in [2.75, 3.05) is 11.4 Å². The second kappa shape index (κ2) is 3.56. The van der Waals surface area contributed by atoms with E-state index in [2.05, 4.69) is 0 Å².